The fourth-order valence-corrected chi connectivity index (χ4v) is 0.969. The second kappa shape index (κ2) is 3.66. The second-order valence-electron chi connectivity index (χ2n) is 2.83. The molecule has 1 nitrogen and oxygen atoms in total. The molecule has 1 atom stereocenters. The zero-order valence-corrected chi connectivity index (χ0v) is 7.22. The molecular formula is C10H10F2O. The molecule has 1 aromatic carbocycles. The monoisotopic (exact) mass is 184 g/mol. The van der Waals surface area contributed by atoms with Crippen molar-refractivity contribution in [2.45, 2.75) is 13.0 Å². The second-order valence-corrected chi connectivity index (χ2v) is 2.83. The zero-order valence-electron chi connectivity index (χ0n) is 7.22. The van der Waals surface area contributed by atoms with Crippen LogP contribution in [0.5, 0.6) is 0 Å². The molecule has 0 saturated heterocycles. The molecule has 0 aliphatic heterocycles. The maximum Gasteiger partial charge on any atom is 0.130 e. The molecule has 13 heavy (non-hydrogen) atoms. The summed E-state index contributed by atoms with van der Waals surface area (Å²) in [5.74, 6) is -1.12. The number of hydrogen-bond donors (Lipinski definition) is 1. The van der Waals surface area contributed by atoms with Gasteiger partial charge in [-0.25, -0.2) is 8.78 Å². The summed E-state index contributed by atoms with van der Waals surface area (Å²) in [4.78, 5) is 0. The standard InChI is InChI=1S/C10H10F2O/c1-6(7(2)13)9-5-8(11)3-4-10(9)12/h3-5,7,13H,1H2,2H3/t7-/m0/s1. The summed E-state index contributed by atoms with van der Waals surface area (Å²) in [6.07, 6.45) is -0.878. The summed E-state index contributed by atoms with van der Waals surface area (Å²) < 4.78 is 25.7. The molecule has 1 aromatic rings. The van der Waals surface area contributed by atoms with Gasteiger partial charge in [-0.2, -0.15) is 0 Å². The van der Waals surface area contributed by atoms with E-state index in [4.69, 9.17) is 5.11 Å². The molecule has 0 aliphatic carbocycles. The van der Waals surface area contributed by atoms with Crippen LogP contribution < -0.4 is 0 Å². The average molecular weight is 184 g/mol. The van der Waals surface area contributed by atoms with Crippen molar-refractivity contribution in [2.75, 3.05) is 0 Å². The molecule has 1 N–H and O–H groups in total. The molecule has 0 heterocycles. The average Bonchev–Trinajstić information content (AvgIpc) is 2.08. The highest BCUT2D eigenvalue weighted by molar-refractivity contribution is 5.66. The van der Waals surface area contributed by atoms with Crippen molar-refractivity contribution < 1.29 is 13.9 Å². The Balaban J connectivity index is 3.13. The van der Waals surface area contributed by atoms with Gasteiger partial charge in [-0.1, -0.05) is 6.58 Å². The first-order valence-electron chi connectivity index (χ1n) is 3.84. The first-order chi connectivity index (χ1) is 6.02. The number of hydrogen-bond acceptors (Lipinski definition) is 1. The topological polar surface area (TPSA) is 20.2 Å². The predicted octanol–water partition coefficient (Wildman–Crippen LogP) is 2.36. The normalized spacial score (nSPS) is 12.6. The minimum Gasteiger partial charge on any atom is -0.389 e. The quantitative estimate of drug-likeness (QED) is 0.748. The Labute approximate surface area is 75.3 Å². The van der Waals surface area contributed by atoms with E-state index in [0.29, 0.717) is 0 Å². The fourth-order valence-electron chi connectivity index (χ4n) is 0.969. The summed E-state index contributed by atoms with van der Waals surface area (Å²) in [5.41, 5.74) is 0.201. The van der Waals surface area contributed by atoms with Crippen molar-refractivity contribution in [1.82, 2.24) is 0 Å². The lowest BCUT2D eigenvalue weighted by atomic mass is 10.0. The predicted molar refractivity (Wildman–Crippen MR) is 47.1 cm³/mol. The van der Waals surface area contributed by atoms with Crippen LogP contribution in [-0.2, 0) is 0 Å². The van der Waals surface area contributed by atoms with Gasteiger partial charge in [0, 0.05) is 5.56 Å². The number of aliphatic hydroxyl groups excluding tert-OH is 1. The lowest BCUT2D eigenvalue weighted by Gasteiger charge is -2.09. The van der Waals surface area contributed by atoms with Crippen LogP contribution >= 0.6 is 0 Å². The van der Waals surface area contributed by atoms with Gasteiger partial charge in [0.25, 0.3) is 0 Å². The van der Waals surface area contributed by atoms with Crippen molar-refractivity contribution in [1.29, 1.82) is 0 Å². The van der Waals surface area contributed by atoms with Crippen LogP contribution in [0.4, 0.5) is 8.78 Å². The molecule has 0 saturated carbocycles. The van der Waals surface area contributed by atoms with Crippen LogP contribution in [0.1, 0.15) is 12.5 Å². The molecule has 0 unspecified atom stereocenters. The Morgan fingerprint density at radius 1 is 1.46 bits per heavy atom. The summed E-state index contributed by atoms with van der Waals surface area (Å²) in [6, 6.07) is 3.05. The Morgan fingerprint density at radius 3 is 2.62 bits per heavy atom. The molecule has 0 radical (unpaired) electrons. The van der Waals surface area contributed by atoms with Gasteiger partial charge >= 0.3 is 0 Å². The lowest BCUT2D eigenvalue weighted by molar-refractivity contribution is 0.253. The highest BCUT2D eigenvalue weighted by atomic mass is 19.1. The number of aliphatic hydroxyl groups is 1. The molecular weight excluding hydrogens is 174 g/mol. The van der Waals surface area contributed by atoms with Crippen LogP contribution in [0, 0.1) is 11.6 Å². The van der Waals surface area contributed by atoms with E-state index >= 15 is 0 Å². The van der Waals surface area contributed by atoms with Crippen LogP contribution in [0.25, 0.3) is 5.57 Å². The largest absolute Gasteiger partial charge is 0.389 e. The molecule has 0 aliphatic rings. The van der Waals surface area contributed by atoms with E-state index in [9.17, 15) is 8.78 Å². The zero-order chi connectivity index (χ0) is 10.0. The third-order valence-electron chi connectivity index (χ3n) is 1.78. The van der Waals surface area contributed by atoms with E-state index in [-0.39, 0.29) is 11.1 Å². The number of benzene rings is 1. The van der Waals surface area contributed by atoms with E-state index in [0.717, 1.165) is 18.2 Å². The first-order valence-corrected chi connectivity index (χ1v) is 3.84. The minimum absolute atomic E-state index is 0.0231. The highest BCUT2D eigenvalue weighted by Crippen LogP contribution is 2.20. The van der Waals surface area contributed by atoms with Crippen LogP contribution in [-0.4, -0.2) is 11.2 Å². The smallest absolute Gasteiger partial charge is 0.130 e. The Kier molecular flexibility index (Phi) is 2.78. The summed E-state index contributed by atoms with van der Waals surface area (Å²) in [7, 11) is 0. The van der Waals surface area contributed by atoms with Crippen LogP contribution in [0.15, 0.2) is 24.8 Å². The van der Waals surface area contributed by atoms with Gasteiger partial charge in [-0.15, -0.1) is 0 Å². The number of rotatable bonds is 2. The van der Waals surface area contributed by atoms with Crippen molar-refractivity contribution in [2.24, 2.45) is 0 Å². The van der Waals surface area contributed by atoms with Crippen molar-refractivity contribution in [3.8, 4) is 0 Å². The molecule has 1 rings (SSSR count). The lowest BCUT2D eigenvalue weighted by Crippen LogP contribution is -2.04. The van der Waals surface area contributed by atoms with Gasteiger partial charge in [0.15, 0.2) is 0 Å². The SMILES string of the molecule is C=C(c1cc(F)ccc1F)[C@H](C)O. The maximum atomic E-state index is 13.0. The van der Waals surface area contributed by atoms with Gasteiger partial charge < -0.3 is 5.11 Å². The van der Waals surface area contributed by atoms with Gasteiger partial charge in [0.05, 0.1) is 6.10 Å². The van der Waals surface area contributed by atoms with Gasteiger partial charge in [0.1, 0.15) is 11.6 Å². The van der Waals surface area contributed by atoms with E-state index in [1.54, 1.807) is 0 Å². The third kappa shape index (κ3) is 2.12. The molecule has 70 valence electrons. The van der Waals surface area contributed by atoms with Crippen molar-refractivity contribution in [3.63, 3.8) is 0 Å². The van der Waals surface area contributed by atoms with Crippen LogP contribution in [0.3, 0.4) is 0 Å². The van der Waals surface area contributed by atoms with Gasteiger partial charge in [0.2, 0.25) is 0 Å². The fraction of sp³-hybridized carbons (Fsp3) is 0.200. The van der Waals surface area contributed by atoms with Crippen molar-refractivity contribution >= 4 is 5.57 Å². The van der Waals surface area contributed by atoms with E-state index in [2.05, 4.69) is 6.58 Å². The van der Waals surface area contributed by atoms with E-state index < -0.39 is 17.7 Å². The molecule has 0 fully saturated rings. The molecule has 0 aromatic heterocycles. The summed E-state index contributed by atoms with van der Waals surface area (Å²) in [6.45, 7) is 4.92. The molecule has 0 amide bonds. The van der Waals surface area contributed by atoms with Crippen LogP contribution in [0.2, 0.25) is 0 Å². The third-order valence-corrected chi connectivity index (χ3v) is 1.78. The summed E-state index contributed by atoms with van der Waals surface area (Å²) >= 11 is 0. The van der Waals surface area contributed by atoms with Crippen molar-refractivity contribution in [3.05, 3.63) is 42.0 Å². The Bertz CT molecular complexity index is 332. The Hall–Kier alpha value is -1.22. The summed E-state index contributed by atoms with van der Waals surface area (Å²) in [5, 5.41) is 9.10. The minimum atomic E-state index is -0.878. The maximum absolute atomic E-state index is 13.0. The van der Waals surface area contributed by atoms with Gasteiger partial charge in [-0.05, 0) is 30.7 Å². The molecule has 0 bridgehead atoms. The number of halogens is 2. The first kappa shape index (κ1) is 9.86. The van der Waals surface area contributed by atoms with E-state index in [1.165, 1.54) is 6.92 Å². The highest BCUT2D eigenvalue weighted by Gasteiger charge is 2.10. The Morgan fingerprint density at radius 2 is 2.08 bits per heavy atom. The van der Waals surface area contributed by atoms with E-state index in [1.807, 2.05) is 0 Å². The molecule has 3 heteroatoms. The molecule has 0 spiro atoms. The van der Waals surface area contributed by atoms with Gasteiger partial charge in [-0.3, -0.25) is 0 Å².